The number of nitriles is 1. The Hall–Kier alpha value is -0.690. The SMILES string of the molecule is CCC(C#N)(CCCSCc1ccc(Cl)cc1)NC1CC1. The summed E-state index contributed by atoms with van der Waals surface area (Å²) in [7, 11) is 0. The van der Waals surface area contributed by atoms with Crippen molar-refractivity contribution in [2.24, 2.45) is 0 Å². The molecule has 114 valence electrons. The van der Waals surface area contributed by atoms with Gasteiger partial charge in [0.15, 0.2) is 0 Å². The first-order chi connectivity index (χ1) is 10.2. The Morgan fingerprint density at radius 2 is 2.10 bits per heavy atom. The zero-order valence-corrected chi connectivity index (χ0v) is 14.1. The maximum absolute atomic E-state index is 9.48. The van der Waals surface area contributed by atoms with E-state index < -0.39 is 0 Å². The van der Waals surface area contributed by atoms with Crippen molar-refractivity contribution in [3.8, 4) is 6.07 Å². The van der Waals surface area contributed by atoms with Gasteiger partial charge in [-0.25, -0.2) is 0 Å². The number of hydrogen-bond acceptors (Lipinski definition) is 3. The molecule has 0 aromatic heterocycles. The van der Waals surface area contributed by atoms with Crippen molar-refractivity contribution in [3.63, 3.8) is 0 Å². The van der Waals surface area contributed by atoms with E-state index in [0.717, 1.165) is 35.8 Å². The van der Waals surface area contributed by atoms with Crippen LogP contribution in [0.3, 0.4) is 0 Å². The number of thioether (sulfide) groups is 1. The molecule has 0 heterocycles. The number of nitrogens with one attached hydrogen (secondary N) is 1. The van der Waals surface area contributed by atoms with Gasteiger partial charge in [-0.15, -0.1) is 0 Å². The number of halogens is 1. The van der Waals surface area contributed by atoms with Crippen LogP contribution in [-0.2, 0) is 5.75 Å². The minimum absolute atomic E-state index is 0.304. The highest BCUT2D eigenvalue weighted by atomic mass is 35.5. The van der Waals surface area contributed by atoms with Crippen molar-refractivity contribution < 1.29 is 0 Å². The molecule has 1 N–H and O–H groups in total. The molecule has 1 aliphatic carbocycles. The molecule has 1 aromatic carbocycles. The number of rotatable bonds is 9. The molecule has 21 heavy (non-hydrogen) atoms. The van der Waals surface area contributed by atoms with E-state index in [1.807, 2.05) is 23.9 Å². The molecule has 0 amide bonds. The summed E-state index contributed by atoms with van der Waals surface area (Å²) in [4.78, 5) is 0. The van der Waals surface area contributed by atoms with E-state index in [1.54, 1.807) is 0 Å². The molecule has 1 aromatic rings. The monoisotopic (exact) mass is 322 g/mol. The third-order valence-electron chi connectivity index (χ3n) is 3.95. The second-order valence-corrected chi connectivity index (χ2v) is 7.29. The molecule has 2 rings (SSSR count). The van der Waals surface area contributed by atoms with E-state index in [1.165, 1.54) is 18.4 Å². The van der Waals surface area contributed by atoms with Gasteiger partial charge in [-0.05, 0) is 55.6 Å². The molecule has 4 heteroatoms. The van der Waals surface area contributed by atoms with Crippen LogP contribution in [0.2, 0.25) is 5.02 Å². The Bertz CT molecular complexity index is 479. The molecule has 0 radical (unpaired) electrons. The lowest BCUT2D eigenvalue weighted by atomic mass is 9.92. The molecule has 0 saturated heterocycles. The highest BCUT2D eigenvalue weighted by Gasteiger charge is 2.34. The third kappa shape index (κ3) is 5.54. The van der Waals surface area contributed by atoms with Crippen LogP contribution in [0.1, 0.15) is 44.6 Å². The van der Waals surface area contributed by atoms with Gasteiger partial charge < -0.3 is 0 Å². The molecular weight excluding hydrogens is 300 g/mol. The lowest BCUT2D eigenvalue weighted by Gasteiger charge is -2.26. The van der Waals surface area contributed by atoms with Crippen molar-refractivity contribution in [1.82, 2.24) is 5.32 Å². The Labute approximate surface area is 137 Å². The van der Waals surface area contributed by atoms with Crippen molar-refractivity contribution in [2.45, 2.75) is 56.4 Å². The Balaban J connectivity index is 1.67. The standard InChI is InChI=1S/C17H23ClN2S/c1-2-17(13-19,20-16-8-9-16)10-3-11-21-12-14-4-6-15(18)7-5-14/h4-7,16,20H,2-3,8-12H2,1H3. The molecule has 1 unspecified atom stereocenters. The zero-order chi connectivity index (χ0) is 15.1. The van der Waals surface area contributed by atoms with Crippen molar-refractivity contribution in [1.29, 1.82) is 5.26 Å². The van der Waals surface area contributed by atoms with Gasteiger partial charge in [0, 0.05) is 16.8 Å². The van der Waals surface area contributed by atoms with E-state index in [2.05, 4.69) is 30.4 Å². The first kappa shape index (κ1) is 16.7. The predicted molar refractivity (Wildman–Crippen MR) is 91.6 cm³/mol. The van der Waals surface area contributed by atoms with E-state index in [9.17, 15) is 5.26 Å². The van der Waals surface area contributed by atoms with Crippen molar-refractivity contribution >= 4 is 23.4 Å². The summed E-state index contributed by atoms with van der Waals surface area (Å²) in [6.45, 7) is 2.11. The lowest BCUT2D eigenvalue weighted by Crippen LogP contribution is -2.44. The highest BCUT2D eigenvalue weighted by molar-refractivity contribution is 7.98. The summed E-state index contributed by atoms with van der Waals surface area (Å²) >= 11 is 7.81. The molecule has 0 aliphatic heterocycles. The number of nitrogens with zero attached hydrogens (tertiary/aromatic N) is 1. The molecule has 1 saturated carbocycles. The van der Waals surface area contributed by atoms with Crippen LogP contribution >= 0.6 is 23.4 Å². The Morgan fingerprint density at radius 1 is 1.38 bits per heavy atom. The number of hydrogen-bond donors (Lipinski definition) is 1. The van der Waals surface area contributed by atoms with Crippen molar-refractivity contribution in [2.75, 3.05) is 5.75 Å². The predicted octanol–water partition coefficient (Wildman–Crippen LogP) is 4.78. The first-order valence-corrected chi connectivity index (χ1v) is 9.22. The lowest BCUT2D eigenvalue weighted by molar-refractivity contribution is 0.367. The Morgan fingerprint density at radius 3 is 2.67 bits per heavy atom. The van der Waals surface area contributed by atoms with Crippen LogP contribution in [0.25, 0.3) is 0 Å². The smallest absolute Gasteiger partial charge is 0.106 e. The minimum Gasteiger partial charge on any atom is -0.297 e. The summed E-state index contributed by atoms with van der Waals surface area (Å²) in [5, 5.41) is 13.8. The van der Waals surface area contributed by atoms with E-state index in [0.29, 0.717) is 6.04 Å². The van der Waals surface area contributed by atoms with Gasteiger partial charge in [-0.1, -0.05) is 30.7 Å². The maximum Gasteiger partial charge on any atom is 0.106 e. The summed E-state index contributed by atoms with van der Waals surface area (Å²) < 4.78 is 0. The molecule has 1 aliphatic rings. The summed E-state index contributed by atoms with van der Waals surface area (Å²) in [5.41, 5.74) is 1.00. The first-order valence-electron chi connectivity index (χ1n) is 7.68. The summed E-state index contributed by atoms with van der Waals surface area (Å²) in [6, 6.07) is 11.1. The third-order valence-corrected chi connectivity index (χ3v) is 5.32. The van der Waals surface area contributed by atoms with Crippen LogP contribution in [0.5, 0.6) is 0 Å². The topological polar surface area (TPSA) is 35.8 Å². The van der Waals surface area contributed by atoms with Gasteiger partial charge >= 0.3 is 0 Å². The fourth-order valence-electron chi connectivity index (χ4n) is 2.38. The van der Waals surface area contributed by atoms with E-state index in [-0.39, 0.29) is 5.54 Å². The van der Waals surface area contributed by atoms with Crippen LogP contribution < -0.4 is 5.32 Å². The molecule has 0 spiro atoms. The molecular formula is C17H23ClN2S. The van der Waals surface area contributed by atoms with Crippen LogP contribution in [0.4, 0.5) is 0 Å². The van der Waals surface area contributed by atoms with E-state index >= 15 is 0 Å². The van der Waals surface area contributed by atoms with Crippen molar-refractivity contribution in [3.05, 3.63) is 34.9 Å². The van der Waals surface area contributed by atoms with Crippen LogP contribution in [0.15, 0.2) is 24.3 Å². The van der Waals surface area contributed by atoms with Crippen LogP contribution in [-0.4, -0.2) is 17.3 Å². The fourth-order valence-corrected chi connectivity index (χ4v) is 3.43. The van der Waals surface area contributed by atoms with Gasteiger partial charge in [0.2, 0.25) is 0 Å². The average molecular weight is 323 g/mol. The van der Waals surface area contributed by atoms with Gasteiger partial charge in [0.05, 0.1) is 6.07 Å². The summed E-state index contributed by atoms with van der Waals surface area (Å²) in [6.07, 6.45) is 5.38. The van der Waals surface area contributed by atoms with Gasteiger partial charge in [0.25, 0.3) is 0 Å². The molecule has 0 bridgehead atoms. The second-order valence-electron chi connectivity index (χ2n) is 5.75. The maximum atomic E-state index is 9.48. The molecule has 2 nitrogen and oxygen atoms in total. The molecule has 1 atom stereocenters. The molecule has 1 fully saturated rings. The highest BCUT2D eigenvalue weighted by Crippen LogP contribution is 2.27. The van der Waals surface area contributed by atoms with Gasteiger partial charge in [-0.3, -0.25) is 5.32 Å². The summed E-state index contributed by atoms with van der Waals surface area (Å²) in [5.74, 6) is 2.11. The zero-order valence-electron chi connectivity index (χ0n) is 12.6. The van der Waals surface area contributed by atoms with Gasteiger partial charge in [0.1, 0.15) is 5.54 Å². The second kappa shape index (κ2) is 8.08. The number of benzene rings is 1. The van der Waals surface area contributed by atoms with E-state index in [4.69, 9.17) is 11.6 Å². The normalized spacial score (nSPS) is 17.2. The van der Waals surface area contributed by atoms with Crippen LogP contribution in [0, 0.1) is 11.3 Å². The quantitative estimate of drug-likeness (QED) is 0.665. The fraction of sp³-hybridized carbons (Fsp3) is 0.588. The largest absolute Gasteiger partial charge is 0.297 e. The minimum atomic E-state index is -0.304. The Kier molecular flexibility index (Phi) is 6.41. The van der Waals surface area contributed by atoms with Gasteiger partial charge in [-0.2, -0.15) is 17.0 Å². The average Bonchev–Trinajstić information content (AvgIpc) is 3.31.